The van der Waals surface area contributed by atoms with Gasteiger partial charge in [-0.1, -0.05) is 5.21 Å². The molecule has 0 amide bonds. The van der Waals surface area contributed by atoms with Crippen molar-refractivity contribution in [3.05, 3.63) is 55.1 Å². The average Bonchev–Trinajstić information content (AvgIpc) is 3.17. The predicted molar refractivity (Wildman–Crippen MR) is 74.2 cm³/mol. The number of aromatic nitrogens is 6. The van der Waals surface area contributed by atoms with Crippen LogP contribution in [0.5, 0.6) is 0 Å². The third-order valence-corrected chi connectivity index (χ3v) is 3.19. The SMILES string of the molecule is c1cc(-c2n[nH]c3ccc(-n4ccnn4)cc23)ccn1. The largest absolute Gasteiger partial charge is 0.277 e. The fourth-order valence-corrected chi connectivity index (χ4v) is 2.22. The van der Waals surface area contributed by atoms with Crippen LogP contribution in [0.4, 0.5) is 0 Å². The van der Waals surface area contributed by atoms with Crippen LogP contribution in [0, 0.1) is 0 Å². The number of nitrogens with one attached hydrogen (secondary N) is 1. The number of rotatable bonds is 2. The molecule has 0 bridgehead atoms. The third-order valence-electron chi connectivity index (χ3n) is 3.19. The Kier molecular flexibility index (Phi) is 2.32. The van der Waals surface area contributed by atoms with Crippen LogP contribution in [0.15, 0.2) is 55.1 Å². The Hall–Kier alpha value is -3.02. The minimum Gasteiger partial charge on any atom is -0.277 e. The lowest BCUT2D eigenvalue weighted by atomic mass is 10.1. The second-order valence-electron chi connectivity index (χ2n) is 4.39. The molecule has 96 valence electrons. The first-order chi connectivity index (χ1) is 9.92. The number of H-pyrrole nitrogens is 1. The van der Waals surface area contributed by atoms with Gasteiger partial charge in [-0.25, -0.2) is 4.68 Å². The minimum atomic E-state index is 0.907. The normalized spacial score (nSPS) is 11.0. The van der Waals surface area contributed by atoms with Crippen molar-refractivity contribution >= 4 is 10.9 Å². The summed E-state index contributed by atoms with van der Waals surface area (Å²) in [6, 6.07) is 9.90. The quantitative estimate of drug-likeness (QED) is 0.601. The van der Waals surface area contributed by atoms with Crippen molar-refractivity contribution in [2.45, 2.75) is 0 Å². The number of pyridine rings is 1. The van der Waals surface area contributed by atoms with Gasteiger partial charge in [0.1, 0.15) is 5.69 Å². The maximum atomic E-state index is 4.39. The summed E-state index contributed by atoms with van der Waals surface area (Å²) in [5.41, 5.74) is 3.87. The van der Waals surface area contributed by atoms with Crippen molar-refractivity contribution in [3.8, 4) is 16.9 Å². The van der Waals surface area contributed by atoms with Gasteiger partial charge < -0.3 is 0 Å². The maximum Gasteiger partial charge on any atom is 0.100 e. The lowest BCUT2D eigenvalue weighted by molar-refractivity contribution is 0.804. The van der Waals surface area contributed by atoms with Gasteiger partial charge in [-0.3, -0.25) is 10.1 Å². The molecule has 6 heteroatoms. The van der Waals surface area contributed by atoms with Crippen molar-refractivity contribution in [2.24, 2.45) is 0 Å². The number of fused-ring (bicyclic) bond motifs is 1. The molecule has 4 aromatic rings. The van der Waals surface area contributed by atoms with Crippen LogP contribution in [0.2, 0.25) is 0 Å². The molecule has 0 saturated carbocycles. The molecule has 0 aliphatic carbocycles. The summed E-state index contributed by atoms with van der Waals surface area (Å²) in [5.74, 6) is 0. The molecule has 1 N–H and O–H groups in total. The second-order valence-corrected chi connectivity index (χ2v) is 4.39. The molecular weight excluding hydrogens is 252 g/mol. The monoisotopic (exact) mass is 262 g/mol. The standard InChI is InChI=1S/C14H10N6/c1-2-13-12(9-11(1)20-8-7-16-19-20)14(18-17-13)10-3-5-15-6-4-10/h1-9H,(H,17,18). The molecule has 4 rings (SSSR count). The van der Waals surface area contributed by atoms with Gasteiger partial charge in [0, 0.05) is 23.3 Å². The molecule has 6 nitrogen and oxygen atoms in total. The highest BCUT2D eigenvalue weighted by atomic mass is 15.4. The van der Waals surface area contributed by atoms with E-state index in [0.717, 1.165) is 27.8 Å². The number of aromatic amines is 1. The van der Waals surface area contributed by atoms with Gasteiger partial charge in [-0.2, -0.15) is 5.10 Å². The fourth-order valence-electron chi connectivity index (χ4n) is 2.22. The Morgan fingerprint density at radius 1 is 1.00 bits per heavy atom. The zero-order valence-electron chi connectivity index (χ0n) is 10.4. The molecule has 0 fully saturated rings. The van der Waals surface area contributed by atoms with E-state index in [0.29, 0.717) is 0 Å². The zero-order valence-corrected chi connectivity index (χ0v) is 10.4. The molecule has 0 aliphatic rings. The molecule has 0 atom stereocenters. The van der Waals surface area contributed by atoms with E-state index in [-0.39, 0.29) is 0 Å². The summed E-state index contributed by atoms with van der Waals surface area (Å²) in [6.45, 7) is 0. The Morgan fingerprint density at radius 2 is 1.90 bits per heavy atom. The summed E-state index contributed by atoms with van der Waals surface area (Å²) in [6.07, 6.45) is 6.99. The maximum absolute atomic E-state index is 4.39. The Morgan fingerprint density at radius 3 is 2.70 bits per heavy atom. The van der Waals surface area contributed by atoms with Gasteiger partial charge in [0.25, 0.3) is 0 Å². The van der Waals surface area contributed by atoms with Crippen molar-refractivity contribution in [1.82, 2.24) is 30.2 Å². The van der Waals surface area contributed by atoms with E-state index in [1.807, 2.05) is 36.5 Å². The number of nitrogens with zero attached hydrogens (tertiary/aromatic N) is 5. The Labute approximate surface area is 114 Å². The number of benzene rings is 1. The highest BCUT2D eigenvalue weighted by Gasteiger charge is 2.09. The number of hydrogen-bond acceptors (Lipinski definition) is 4. The van der Waals surface area contributed by atoms with Crippen LogP contribution in [0.3, 0.4) is 0 Å². The van der Waals surface area contributed by atoms with Crippen molar-refractivity contribution in [1.29, 1.82) is 0 Å². The molecule has 20 heavy (non-hydrogen) atoms. The first-order valence-corrected chi connectivity index (χ1v) is 6.17. The number of hydrogen-bond donors (Lipinski definition) is 1. The van der Waals surface area contributed by atoms with Crippen LogP contribution >= 0.6 is 0 Å². The second kappa shape index (κ2) is 4.27. The van der Waals surface area contributed by atoms with E-state index in [4.69, 9.17) is 0 Å². The molecule has 3 heterocycles. The Bertz CT molecular complexity index is 848. The van der Waals surface area contributed by atoms with Gasteiger partial charge in [-0.05, 0) is 30.3 Å². The highest BCUT2D eigenvalue weighted by molar-refractivity contribution is 5.93. The van der Waals surface area contributed by atoms with E-state index in [1.165, 1.54) is 0 Å². The molecule has 3 aromatic heterocycles. The van der Waals surface area contributed by atoms with Crippen LogP contribution in [0.25, 0.3) is 27.8 Å². The molecule has 0 radical (unpaired) electrons. The zero-order chi connectivity index (χ0) is 13.4. The predicted octanol–water partition coefficient (Wildman–Crippen LogP) is 2.21. The Balaban J connectivity index is 1.93. The summed E-state index contributed by atoms with van der Waals surface area (Å²) < 4.78 is 1.72. The molecule has 0 saturated heterocycles. The first kappa shape index (κ1) is 10.9. The van der Waals surface area contributed by atoms with Crippen molar-refractivity contribution < 1.29 is 0 Å². The summed E-state index contributed by atoms with van der Waals surface area (Å²) >= 11 is 0. The van der Waals surface area contributed by atoms with Crippen LogP contribution in [-0.4, -0.2) is 30.2 Å². The highest BCUT2D eigenvalue weighted by Crippen LogP contribution is 2.27. The van der Waals surface area contributed by atoms with Gasteiger partial charge >= 0.3 is 0 Å². The van der Waals surface area contributed by atoms with Gasteiger partial charge in [-0.15, -0.1) is 5.10 Å². The van der Waals surface area contributed by atoms with E-state index < -0.39 is 0 Å². The summed E-state index contributed by atoms with van der Waals surface area (Å²) in [5, 5.41) is 16.3. The minimum absolute atomic E-state index is 0.907. The van der Waals surface area contributed by atoms with Crippen LogP contribution in [-0.2, 0) is 0 Å². The molecule has 0 spiro atoms. The lowest BCUT2D eigenvalue weighted by Crippen LogP contribution is -1.94. The van der Waals surface area contributed by atoms with Gasteiger partial charge in [0.2, 0.25) is 0 Å². The van der Waals surface area contributed by atoms with Crippen molar-refractivity contribution in [3.63, 3.8) is 0 Å². The van der Waals surface area contributed by atoms with Gasteiger partial charge in [0.05, 0.1) is 23.6 Å². The van der Waals surface area contributed by atoms with Crippen molar-refractivity contribution in [2.75, 3.05) is 0 Å². The van der Waals surface area contributed by atoms with E-state index in [1.54, 1.807) is 23.3 Å². The summed E-state index contributed by atoms with van der Waals surface area (Å²) in [4.78, 5) is 4.03. The average molecular weight is 262 g/mol. The topological polar surface area (TPSA) is 72.3 Å². The first-order valence-electron chi connectivity index (χ1n) is 6.17. The van der Waals surface area contributed by atoms with E-state index >= 15 is 0 Å². The van der Waals surface area contributed by atoms with Crippen LogP contribution in [0.1, 0.15) is 0 Å². The molecule has 0 aliphatic heterocycles. The fraction of sp³-hybridized carbons (Fsp3) is 0. The molecular formula is C14H10N6. The molecule has 1 aromatic carbocycles. The molecule has 0 unspecified atom stereocenters. The van der Waals surface area contributed by atoms with Crippen LogP contribution < -0.4 is 0 Å². The van der Waals surface area contributed by atoms with E-state index in [9.17, 15) is 0 Å². The van der Waals surface area contributed by atoms with Gasteiger partial charge in [0.15, 0.2) is 0 Å². The smallest absolute Gasteiger partial charge is 0.100 e. The summed E-state index contributed by atoms with van der Waals surface area (Å²) in [7, 11) is 0. The van der Waals surface area contributed by atoms with E-state index in [2.05, 4.69) is 25.5 Å². The lowest BCUT2D eigenvalue weighted by Gasteiger charge is -2.01. The third kappa shape index (κ3) is 1.66.